The summed E-state index contributed by atoms with van der Waals surface area (Å²) in [4.78, 5) is 14.8. The Kier molecular flexibility index (Phi) is 4.23. The number of nitrogens with two attached hydrogens (primary N) is 1. The molecule has 0 aliphatic carbocycles. The second-order valence-corrected chi connectivity index (χ2v) is 3.59. The molecule has 0 aliphatic heterocycles. The van der Waals surface area contributed by atoms with Crippen molar-refractivity contribution >= 4 is 5.91 Å². The van der Waals surface area contributed by atoms with Gasteiger partial charge < -0.3 is 11.1 Å². The van der Waals surface area contributed by atoms with Crippen LogP contribution in [-0.2, 0) is 18.3 Å². The highest BCUT2D eigenvalue weighted by atomic mass is 16.1. The van der Waals surface area contributed by atoms with E-state index in [9.17, 15) is 4.79 Å². The van der Waals surface area contributed by atoms with E-state index >= 15 is 0 Å². The first-order valence-corrected chi connectivity index (χ1v) is 4.94. The van der Waals surface area contributed by atoms with E-state index in [1.165, 1.54) is 0 Å². The Morgan fingerprint density at radius 1 is 1.73 bits per heavy atom. The molecule has 3 N–H and O–H groups in total. The van der Waals surface area contributed by atoms with Crippen LogP contribution >= 0.6 is 0 Å². The van der Waals surface area contributed by atoms with Crippen LogP contribution in [0.3, 0.4) is 0 Å². The van der Waals surface area contributed by atoms with E-state index in [1.54, 1.807) is 17.9 Å². The molecule has 0 saturated heterocycles. The van der Waals surface area contributed by atoms with Gasteiger partial charge in [-0.25, -0.2) is 4.98 Å². The summed E-state index contributed by atoms with van der Waals surface area (Å²) in [5.74, 6) is 0.386. The van der Waals surface area contributed by atoms with E-state index in [2.05, 4.69) is 15.4 Å². The van der Waals surface area contributed by atoms with Gasteiger partial charge in [0.05, 0.1) is 0 Å². The van der Waals surface area contributed by atoms with Crippen molar-refractivity contribution in [1.82, 2.24) is 20.1 Å². The molecule has 0 radical (unpaired) electrons. The van der Waals surface area contributed by atoms with E-state index in [4.69, 9.17) is 5.73 Å². The zero-order valence-corrected chi connectivity index (χ0v) is 9.10. The minimum absolute atomic E-state index is 0.137. The largest absolute Gasteiger partial charge is 0.369 e. The lowest BCUT2D eigenvalue weighted by Crippen LogP contribution is -2.32. The van der Waals surface area contributed by atoms with Crippen molar-refractivity contribution in [2.45, 2.75) is 13.3 Å². The smallest absolute Gasteiger partial charge is 0.221 e. The number of primary amides is 1. The van der Waals surface area contributed by atoms with Crippen LogP contribution in [0.2, 0.25) is 0 Å². The molecule has 0 saturated carbocycles. The maximum absolute atomic E-state index is 10.7. The van der Waals surface area contributed by atoms with Crippen molar-refractivity contribution in [3.8, 4) is 0 Å². The fraction of sp³-hybridized carbons (Fsp3) is 0.667. The van der Waals surface area contributed by atoms with Gasteiger partial charge in [0.25, 0.3) is 0 Å². The lowest BCUT2D eigenvalue weighted by Gasteiger charge is -2.07. The maximum atomic E-state index is 10.7. The first-order chi connectivity index (χ1) is 7.09. The molecule has 1 rings (SSSR count). The van der Waals surface area contributed by atoms with E-state index in [-0.39, 0.29) is 11.8 Å². The van der Waals surface area contributed by atoms with Crippen LogP contribution < -0.4 is 11.1 Å². The zero-order valence-electron chi connectivity index (χ0n) is 9.10. The predicted octanol–water partition coefficient (Wildman–Crippen LogP) is -0.931. The standard InChI is InChI=1S/C9H17N5O/c1-7(9(10)15)5-11-4-3-8-12-6-14(2)13-8/h6-7,11H,3-5H2,1-2H3,(H2,10,15). The molecule has 0 fully saturated rings. The number of hydrogen-bond donors (Lipinski definition) is 2. The first-order valence-electron chi connectivity index (χ1n) is 4.94. The second kappa shape index (κ2) is 5.45. The highest BCUT2D eigenvalue weighted by Gasteiger charge is 2.07. The van der Waals surface area contributed by atoms with Crippen molar-refractivity contribution < 1.29 is 4.79 Å². The number of hydrogen-bond acceptors (Lipinski definition) is 4. The number of aromatic nitrogens is 3. The van der Waals surface area contributed by atoms with Crippen LogP contribution in [0.25, 0.3) is 0 Å². The normalized spacial score (nSPS) is 12.7. The minimum Gasteiger partial charge on any atom is -0.369 e. The van der Waals surface area contributed by atoms with Gasteiger partial charge in [-0.3, -0.25) is 9.48 Å². The van der Waals surface area contributed by atoms with Gasteiger partial charge in [0, 0.05) is 32.5 Å². The average Bonchev–Trinajstić information content (AvgIpc) is 2.58. The van der Waals surface area contributed by atoms with Crippen molar-refractivity contribution in [1.29, 1.82) is 0 Å². The average molecular weight is 211 g/mol. The number of rotatable bonds is 6. The van der Waals surface area contributed by atoms with Crippen LogP contribution in [0, 0.1) is 5.92 Å². The van der Waals surface area contributed by atoms with Gasteiger partial charge in [0.1, 0.15) is 6.33 Å². The molecule has 1 unspecified atom stereocenters. The number of carbonyl (C=O) groups excluding carboxylic acids is 1. The molecule has 1 atom stereocenters. The Morgan fingerprint density at radius 3 is 3.00 bits per heavy atom. The lowest BCUT2D eigenvalue weighted by molar-refractivity contribution is -0.121. The summed E-state index contributed by atoms with van der Waals surface area (Å²) in [5, 5.41) is 7.27. The number of amides is 1. The van der Waals surface area contributed by atoms with Gasteiger partial charge >= 0.3 is 0 Å². The third kappa shape index (κ3) is 4.07. The molecule has 1 aromatic rings. The monoisotopic (exact) mass is 211 g/mol. The summed E-state index contributed by atoms with van der Waals surface area (Å²) in [6.45, 7) is 3.15. The number of nitrogens with one attached hydrogen (secondary N) is 1. The number of nitrogens with zero attached hydrogens (tertiary/aromatic N) is 3. The van der Waals surface area contributed by atoms with Gasteiger partial charge in [-0.05, 0) is 0 Å². The van der Waals surface area contributed by atoms with E-state index in [0.29, 0.717) is 6.54 Å². The number of aryl methyl sites for hydroxylation is 1. The molecule has 0 aromatic carbocycles. The molecule has 84 valence electrons. The van der Waals surface area contributed by atoms with Crippen LogP contribution in [-0.4, -0.2) is 33.8 Å². The van der Waals surface area contributed by atoms with Crippen molar-refractivity contribution in [2.75, 3.05) is 13.1 Å². The summed E-state index contributed by atoms with van der Waals surface area (Å²) in [5.41, 5.74) is 5.13. The fourth-order valence-corrected chi connectivity index (χ4v) is 1.12. The van der Waals surface area contributed by atoms with Crippen molar-refractivity contribution in [3.05, 3.63) is 12.2 Å². The second-order valence-electron chi connectivity index (χ2n) is 3.59. The first kappa shape index (κ1) is 11.6. The van der Waals surface area contributed by atoms with Crippen molar-refractivity contribution in [2.24, 2.45) is 18.7 Å². The Morgan fingerprint density at radius 2 is 2.47 bits per heavy atom. The highest BCUT2D eigenvalue weighted by Crippen LogP contribution is 1.91. The predicted molar refractivity (Wildman–Crippen MR) is 55.9 cm³/mol. The van der Waals surface area contributed by atoms with Crippen LogP contribution in [0.15, 0.2) is 6.33 Å². The summed E-state index contributed by atoms with van der Waals surface area (Å²) in [6.07, 6.45) is 2.42. The molecule has 1 amide bonds. The summed E-state index contributed by atoms with van der Waals surface area (Å²) in [7, 11) is 1.83. The van der Waals surface area contributed by atoms with Crippen molar-refractivity contribution in [3.63, 3.8) is 0 Å². The van der Waals surface area contributed by atoms with Crippen LogP contribution in [0.1, 0.15) is 12.7 Å². The van der Waals surface area contributed by atoms with Gasteiger partial charge in [-0.1, -0.05) is 6.92 Å². The Hall–Kier alpha value is -1.43. The molecule has 6 heteroatoms. The van der Waals surface area contributed by atoms with Gasteiger partial charge in [-0.2, -0.15) is 5.10 Å². The topological polar surface area (TPSA) is 85.8 Å². The molecule has 1 heterocycles. The third-order valence-corrected chi connectivity index (χ3v) is 2.11. The van der Waals surface area contributed by atoms with Gasteiger partial charge in [0.2, 0.25) is 5.91 Å². The zero-order chi connectivity index (χ0) is 11.3. The molecule has 0 spiro atoms. The molecular weight excluding hydrogens is 194 g/mol. The molecular formula is C9H17N5O. The van der Waals surface area contributed by atoms with E-state index in [0.717, 1.165) is 18.8 Å². The Bertz CT molecular complexity index is 322. The lowest BCUT2D eigenvalue weighted by atomic mass is 10.2. The molecule has 0 bridgehead atoms. The minimum atomic E-state index is -0.279. The summed E-state index contributed by atoms with van der Waals surface area (Å²) < 4.78 is 1.67. The van der Waals surface area contributed by atoms with Crippen LogP contribution in [0.5, 0.6) is 0 Å². The third-order valence-electron chi connectivity index (χ3n) is 2.11. The summed E-state index contributed by atoms with van der Waals surface area (Å²) >= 11 is 0. The van der Waals surface area contributed by atoms with Gasteiger partial charge in [-0.15, -0.1) is 0 Å². The molecule has 0 aliphatic rings. The quantitative estimate of drug-likeness (QED) is 0.595. The number of carbonyl (C=O) groups is 1. The Balaban J connectivity index is 2.14. The summed E-state index contributed by atoms with van der Waals surface area (Å²) in [6, 6.07) is 0. The molecule has 6 nitrogen and oxygen atoms in total. The maximum Gasteiger partial charge on any atom is 0.221 e. The van der Waals surface area contributed by atoms with E-state index in [1.807, 2.05) is 7.05 Å². The van der Waals surface area contributed by atoms with Crippen LogP contribution in [0.4, 0.5) is 0 Å². The Labute approximate surface area is 88.9 Å². The SMILES string of the molecule is CC(CNCCc1ncn(C)n1)C(N)=O. The highest BCUT2D eigenvalue weighted by molar-refractivity contribution is 5.76. The van der Waals surface area contributed by atoms with Gasteiger partial charge in [0.15, 0.2) is 5.82 Å². The van der Waals surface area contributed by atoms with E-state index < -0.39 is 0 Å². The molecule has 1 aromatic heterocycles. The fourth-order valence-electron chi connectivity index (χ4n) is 1.12. The molecule has 15 heavy (non-hydrogen) atoms.